The lowest BCUT2D eigenvalue weighted by Gasteiger charge is -2.34. The van der Waals surface area contributed by atoms with Crippen LogP contribution in [0, 0.1) is 0 Å². The molecule has 1 unspecified atom stereocenters. The van der Waals surface area contributed by atoms with Crippen LogP contribution in [0.3, 0.4) is 0 Å². The van der Waals surface area contributed by atoms with Gasteiger partial charge in [-0.2, -0.15) is 0 Å². The highest BCUT2D eigenvalue weighted by molar-refractivity contribution is 6.31. The lowest BCUT2D eigenvalue weighted by Crippen LogP contribution is -2.46. The molecule has 1 aromatic rings. The quantitative estimate of drug-likeness (QED) is 0.914. The maximum atomic E-state index is 11.5. The molecule has 5 heteroatoms. The van der Waals surface area contributed by atoms with Gasteiger partial charge in [0.15, 0.2) is 0 Å². The molecule has 0 spiro atoms. The van der Waals surface area contributed by atoms with Crippen LogP contribution in [-0.2, 0) is 4.79 Å². The van der Waals surface area contributed by atoms with Crippen LogP contribution in [0.1, 0.15) is 11.5 Å². The summed E-state index contributed by atoms with van der Waals surface area (Å²) in [6.45, 7) is 4.30. The minimum Gasteiger partial charge on any atom is -0.481 e. The van der Waals surface area contributed by atoms with Crippen molar-refractivity contribution in [3.05, 3.63) is 34.9 Å². The predicted molar refractivity (Wildman–Crippen MR) is 75.8 cm³/mol. The van der Waals surface area contributed by atoms with Gasteiger partial charge < -0.3 is 10.0 Å². The summed E-state index contributed by atoms with van der Waals surface area (Å²) in [5.41, 5.74) is 0.704. The average molecular weight is 283 g/mol. The van der Waals surface area contributed by atoms with Crippen molar-refractivity contribution in [1.82, 2.24) is 9.80 Å². The number of benzene rings is 1. The first kappa shape index (κ1) is 14.3. The van der Waals surface area contributed by atoms with Crippen LogP contribution in [0.2, 0.25) is 5.02 Å². The molecule has 104 valence electrons. The van der Waals surface area contributed by atoms with E-state index in [4.69, 9.17) is 11.6 Å². The number of carboxylic acid groups (broad SMARTS) is 1. The molecule has 1 aliphatic heterocycles. The lowest BCUT2D eigenvalue weighted by molar-refractivity contribution is -0.139. The molecule has 1 N–H and O–H groups in total. The smallest absolute Gasteiger partial charge is 0.312 e. The second kappa shape index (κ2) is 6.37. The van der Waals surface area contributed by atoms with Gasteiger partial charge in [0.25, 0.3) is 0 Å². The normalized spacial score (nSPS) is 19.3. The number of nitrogens with zero attached hydrogens (tertiary/aromatic N) is 2. The Hall–Kier alpha value is -1.10. The van der Waals surface area contributed by atoms with Crippen LogP contribution in [0.25, 0.3) is 0 Å². The van der Waals surface area contributed by atoms with E-state index in [1.54, 1.807) is 12.1 Å². The SMILES string of the molecule is CN1CCN(CC(C(=O)O)c2ccccc2Cl)CC1. The van der Waals surface area contributed by atoms with Crippen LogP contribution >= 0.6 is 11.6 Å². The number of hydrogen-bond donors (Lipinski definition) is 1. The van der Waals surface area contributed by atoms with Crippen molar-refractivity contribution >= 4 is 17.6 Å². The molecule has 0 radical (unpaired) electrons. The standard InChI is InChI=1S/C14H19ClN2O2/c1-16-6-8-17(9-7-16)10-12(14(18)19)11-4-2-3-5-13(11)15/h2-5,12H,6-10H2,1H3,(H,18,19). The number of rotatable bonds is 4. The van der Waals surface area contributed by atoms with Gasteiger partial charge in [-0.25, -0.2) is 0 Å². The summed E-state index contributed by atoms with van der Waals surface area (Å²) in [5.74, 6) is -1.37. The maximum Gasteiger partial charge on any atom is 0.312 e. The van der Waals surface area contributed by atoms with E-state index >= 15 is 0 Å². The molecule has 0 aromatic heterocycles. The number of hydrogen-bond acceptors (Lipinski definition) is 3. The molecule has 0 saturated carbocycles. The van der Waals surface area contributed by atoms with Gasteiger partial charge >= 0.3 is 5.97 Å². The van der Waals surface area contributed by atoms with E-state index < -0.39 is 11.9 Å². The Balaban J connectivity index is 2.09. The Morgan fingerprint density at radius 2 is 1.95 bits per heavy atom. The first-order chi connectivity index (χ1) is 9.08. The molecule has 0 bridgehead atoms. The van der Waals surface area contributed by atoms with Crippen molar-refractivity contribution in [2.24, 2.45) is 0 Å². The molecule has 1 saturated heterocycles. The second-order valence-electron chi connectivity index (χ2n) is 5.02. The van der Waals surface area contributed by atoms with Gasteiger partial charge in [0.05, 0.1) is 5.92 Å². The van der Waals surface area contributed by atoms with Gasteiger partial charge in [-0.05, 0) is 18.7 Å². The highest BCUT2D eigenvalue weighted by Crippen LogP contribution is 2.25. The molecular formula is C14H19ClN2O2. The average Bonchev–Trinajstić information content (AvgIpc) is 2.39. The van der Waals surface area contributed by atoms with Crippen molar-refractivity contribution in [2.75, 3.05) is 39.8 Å². The highest BCUT2D eigenvalue weighted by Gasteiger charge is 2.26. The van der Waals surface area contributed by atoms with E-state index in [1.165, 1.54) is 0 Å². The Labute approximate surface area is 118 Å². The molecule has 2 rings (SSSR count). The number of carbonyl (C=O) groups is 1. The molecule has 19 heavy (non-hydrogen) atoms. The first-order valence-corrected chi connectivity index (χ1v) is 6.84. The van der Waals surface area contributed by atoms with Gasteiger partial charge in [0, 0.05) is 37.7 Å². The summed E-state index contributed by atoms with van der Waals surface area (Å²) >= 11 is 6.11. The molecule has 0 amide bonds. The van der Waals surface area contributed by atoms with E-state index in [0.717, 1.165) is 26.2 Å². The van der Waals surface area contributed by atoms with Gasteiger partial charge in [-0.3, -0.25) is 9.69 Å². The fraction of sp³-hybridized carbons (Fsp3) is 0.500. The summed E-state index contributed by atoms with van der Waals surface area (Å²) in [6, 6.07) is 7.20. The predicted octanol–water partition coefficient (Wildman–Crippen LogP) is 1.76. The van der Waals surface area contributed by atoms with Crippen molar-refractivity contribution in [3.63, 3.8) is 0 Å². The molecule has 1 aromatic carbocycles. The fourth-order valence-corrected chi connectivity index (χ4v) is 2.62. The van der Waals surface area contributed by atoms with E-state index in [1.807, 2.05) is 12.1 Å². The summed E-state index contributed by atoms with van der Waals surface area (Å²) in [7, 11) is 2.08. The molecule has 1 heterocycles. The zero-order chi connectivity index (χ0) is 13.8. The molecule has 1 fully saturated rings. The van der Waals surface area contributed by atoms with Gasteiger partial charge in [0.1, 0.15) is 0 Å². The Morgan fingerprint density at radius 3 is 2.53 bits per heavy atom. The summed E-state index contributed by atoms with van der Waals surface area (Å²) < 4.78 is 0. The minimum atomic E-state index is -0.813. The second-order valence-corrected chi connectivity index (χ2v) is 5.42. The van der Waals surface area contributed by atoms with Crippen molar-refractivity contribution in [1.29, 1.82) is 0 Å². The van der Waals surface area contributed by atoms with Crippen LogP contribution in [0.15, 0.2) is 24.3 Å². The number of carboxylic acids is 1. The van der Waals surface area contributed by atoms with Crippen molar-refractivity contribution in [2.45, 2.75) is 5.92 Å². The summed E-state index contributed by atoms with van der Waals surface area (Å²) in [5, 5.41) is 9.97. The lowest BCUT2D eigenvalue weighted by atomic mass is 9.98. The van der Waals surface area contributed by atoms with Crippen LogP contribution in [0.5, 0.6) is 0 Å². The minimum absolute atomic E-state index is 0.521. The molecule has 4 nitrogen and oxygen atoms in total. The zero-order valence-corrected chi connectivity index (χ0v) is 11.8. The van der Waals surface area contributed by atoms with Crippen LogP contribution in [-0.4, -0.2) is 60.6 Å². The third kappa shape index (κ3) is 3.69. The highest BCUT2D eigenvalue weighted by atomic mass is 35.5. The van der Waals surface area contributed by atoms with E-state index in [0.29, 0.717) is 17.1 Å². The maximum absolute atomic E-state index is 11.5. The van der Waals surface area contributed by atoms with E-state index in [9.17, 15) is 9.90 Å². The number of aliphatic carboxylic acids is 1. The number of halogens is 1. The number of likely N-dealkylation sites (N-methyl/N-ethyl adjacent to an activating group) is 1. The van der Waals surface area contributed by atoms with E-state index in [-0.39, 0.29) is 0 Å². The van der Waals surface area contributed by atoms with Crippen LogP contribution < -0.4 is 0 Å². The monoisotopic (exact) mass is 282 g/mol. The zero-order valence-electron chi connectivity index (χ0n) is 11.1. The van der Waals surface area contributed by atoms with Crippen molar-refractivity contribution < 1.29 is 9.90 Å². The molecule has 1 atom stereocenters. The molecule has 1 aliphatic rings. The Kier molecular flexibility index (Phi) is 4.80. The largest absolute Gasteiger partial charge is 0.481 e. The third-order valence-electron chi connectivity index (χ3n) is 3.62. The first-order valence-electron chi connectivity index (χ1n) is 6.46. The molecular weight excluding hydrogens is 264 g/mol. The van der Waals surface area contributed by atoms with Gasteiger partial charge in [-0.1, -0.05) is 29.8 Å². The van der Waals surface area contributed by atoms with Crippen molar-refractivity contribution in [3.8, 4) is 0 Å². The van der Waals surface area contributed by atoms with Gasteiger partial charge in [-0.15, -0.1) is 0 Å². The van der Waals surface area contributed by atoms with E-state index in [2.05, 4.69) is 16.8 Å². The summed E-state index contributed by atoms with van der Waals surface area (Å²) in [4.78, 5) is 15.9. The Morgan fingerprint density at radius 1 is 1.32 bits per heavy atom. The fourth-order valence-electron chi connectivity index (χ4n) is 2.36. The Bertz CT molecular complexity index is 445. The number of piperazine rings is 1. The topological polar surface area (TPSA) is 43.8 Å². The summed E-state index contributed by atoms with van der Waals surface area (Å²) in [6.07, 6.45) is 0. The van der Waals surface area contributed by atoms with Crippen LogP contribution in [0.4, 0.5) is 0 Å². The molecule has 0 aliphatic carbocycles. The van der Waals surface area contributed by atoms with Gasteiger partial charge in [0.2, 0.25) is 0 Å². The third-order valence-corrected chi connectivity index (χ3v) is 3.96.